The Balaban J connectivity index is 2.49. The summed E-state index contributed by atoms with van der Waals surface area (Å²) < 4.78 is 16.4. The van der Waals surface area contributed by atoms with Gasteiger partial charge in [-0.1, -0.05) is 23.3 Å². The first-order valence-electron chi connectivity index (χ1n) is 8.86. The minimum Gasteiger partial charge on any atom is -0.497 e. The molecular formula is C21H30O4. The largest absolute Gasteiger partial charge is 0.497 e. The van der Waals surface area contributed by atoms with E-state index < -0.39 is 11.5 Å². The molecule has 0 fully saturated rings. The van der Waals surface area contributed by atoms with Gasteiger partial charge in [-0.15, -0.1) is 0 Å². The van der Waals surface area contributed by atoms with Gasteiger partial charge in [0.05, 0.1) is 12.5 Å². The number of fused-ring (bicyclic) bond motifs is 2. The van der Waals surface area contributed by atoms with E-state index in [1.54, 1.807) is 14.2 Å². The van der Waals surface area contributed by atoms with Gasteiger partial charge in [0.1, 0.15) is 18.7 Å². The van der Waals surface area contributed by atoms with Gasteiger partial charge in [0.25, 0.3) is 0 Å². The number of ketones is 1. The van der Waals surface area contributed by atoms with E-state index in [-0.39, 0.29) is 12.6 Å². The third-order valence-electron chi connectivity index (χ3n) is 4.95. The van der Waals surface area contributed by atoms with Gasteiger partial charge in [-0.3, -0.25) is 4.79 Å². The summed E-state index contributed by atoms with van der Waals surface area (Å²) in [5.41, 5.74) is 2.59. The average molecular weight is 346 g/mol. The van der Waals surface area contributed by atoms with Crippen molar-refractivity contribution in [1.29, 1.82) is 0 Å². The number of Topliss-reactive ketones (excluding diaryl/α,β-unsaturated/α-hetero) is 1. The summed E-state index contributed by atoms with van der Waals surface area (Å²) in [6.07, 6.45) is 11.3. The third-order valence-corrected chi connectivity index (χ3v) is 4.95. The Morgan fingerprint density at radius 3 is 2.64 bits per heavy atom. The van der Waals surface area contributed by atoms with Crippen molar-refractivity contribution in [2.75, 3.05) is 21.0 Å². The van der Waals surface area contributed by atoms with Crippen molar-refractivity contribution in [1.82, 2.24) is 0 Å². The zero-order valence-electron chi connectivity index (χ0n) is 16.1. The Labute approximate surface area is 151 Å². The van der Waals surface area contributed by atoms with E-state index in [0.717, 1.165) is 25.7 Å². The van der Waals surface area contributed by atoms with Gasteiger partial charge in [0.15, 0.2) is 5.78 Å². The zero-order chi connectivity index (χ0) is 18.4. The van der Waals surface area contributed by atoms with Gasteiger partial charge >= 0.3 is 0 Å². The number of carbonyl (C=O) groups is 1. The molecule has 0 aromatic heterocycles. The van der Waals surface area contributed by atoms with Crippen LogP contribution in [0.2, 0.25) is 0 Å². The summed E-state index contributed by atoms with van der Waals surface area (Å²) in [4.78, 5) is 13.3. The van der Waals surface area contributed by atoms with Crippen molar-refractivity contribution < 1.29 is 19.0 Å². The van der Waals surface area contributed by atoms with Crippen molar-refractivity contribution in [2.45, 2.75) is 52.6 Å². The predicted molar refractivity (Wildman–Crippen MR) is 99.0 cm³/mol. The van der Waals surface area contributed by atoms with Crippen LogP contribution in [0.3, 0.4) is 0 Å². The highest BCUT2D eigenvalue weighted by Gasteiger charge is 2.39. The van der Waals surface area contributed by atoms with Crippen molar-refractivity contribution in [3.8, 4) is 0 Å². The van der Waals surface area contributed by atoms with Crippen LogP contribution < -0.4 is 0 Å². The first-order valence-corrected chi connectivity index (χ1v) is 8.86. The molecule has 2 aliphatic rings. The van der Waals surface area contributed by atoms with E-state index in [4.69, 9.17) is 14.2 Å². The Morgan fingerprint density at radius 1 is 1.20 bits per heavy atom. The van der Waals surface area contributed by atoms with Crippen molar-refractivity contribution >= 4 is 5.78 Å². The fraction of sp³-hybridized carbons (Fsp3) is 0.571. The van der Waals surface area contributed by atoms with Crippen LogP contribution in [0.4, 0.5) is 0 Å². The molecule has 2 rings (SSSR count). The van der Waals surface area contributed by atoms with E-state index in [1.807, 2.05) is 25.2 Å². The monoisotopic (exact) mass is 346 g/mol. The van der Waals surface area contributed by atoms with Crippen molar-refractivity contribution in [2.24, 2.45) is 5.41 Å². The molecule has 0 aromatic carbocycles. The van der Waals surface area contributed by atoms with Gasteiger partial charge in [-0.25, -0.2) is 0 Å². The lowest BCUT2D eigenvalue weighted by atomic mass is 9.73. The minimum absolute atomic E-state index is 0.104. The third kappa shape index (κ3) is 4.93. The second kappa shape index (κ2) is 8.63. The van der Waals surface area contributed by atoms with Crippen LogP contribution in [0.15, 0.2) is 46.8 Å². The highest BCUT2D eigenvalue weighted by atomic mass is 16.7. The molecule has 0 aliphatic heterocycles. The molecule has 2 aliphatic carbocycles. The van der Waals surface area contributed by atoms with Crippen LogP contribution >= 0.6 is 0 Å². The molecular weight excluding hydrogens is 316 g/mol. The maximum Gasteiger partial charge on any atom is 0.171 e. The Morgan fingerprint density at radius 2 is 1.96 bits per heavy atom. The fourth-order valence-electron chi connectivity index (χ4n) is 3.30. The number of carbonyl (C=O) groups excluding carboxylic acids is 1. The molecule has 0 heterocycles. The van der Waals surface area contributed by atoms with Crippen LogP contribution in [0.5, 0.6) is 0 Å². The molecule has 25 heavy (non-hydrogen) atoms. The number of allylic oxidation sites excluding steroid dienone is 5. The molecule has 2 bridgehead atoms. The van der Waals surface area contributed by atoms with Crippen LogP contribution in [0.1, 0.15) is 46.5 Å². The molecule has 0 N–H and O–H groups in total. The highest BCUT2D eigenvalue weighted by molar-refractivity contribution is 6.03. The summed E-state index contributed by atoms with van der Waals surface area (Å²) in [5, 5.41) is 0. The number of ether oxygens (including phenoxy) is 3. The summed E-state index contributed by atoms with van der Waals surface area (Å²) in [6.45, 7) is 6.35. The second-order valence-electron chi connectivity index (χ2n) is 7.19. The smallest absolute Gasteiger partial charge is 0.171 e. The predicted octanol–water partition coefficient (Wildman–Crippen LogP) is 4.49. The van der Waals surface area contributed by atoms with E-state index in [1.165, 1.54) is 11.1 Å². The van der Waals surface area contributed by atoms with Crippen molar-refractivity contribution in [3.63, 3.8) is 0 Å². The molecule has 4 heteroatoms. The zero-order valence-corrected chi connectivity index (χ0v) is 16.1. The molecule has 4 nitrogen and oxygen atoms in total. The Kier molecular flexibility index (Phi) is 6.79. The number of methoxy groups -OCH3 is 2. The molecule has 138 valence electrons. The van der Waals surface area contributed by atoms with Crippen LogP contribution in [0, 0.1) is 5.41 Å². The number of hydrogen-bond acceptors (Lipinski definition) is 4. The highest BCUT2D eigenvalue weighted by Crippen LogP contribution is 2.38. The van der Waals surface area contributed by atoms with Gasteiger partial charge in [0, 0.05) is 12.7 Å². The van der Waals surface area contributed by atoms with Gasteiger partial charge in [-0.05, 0) is 58.6 Å². The Hall–Kier alpha value is -1.65. The fourth-order valence-corrected chi connectivity index (χ4v) is 3.30. The standard InChI is InChI=1S/C21H30O4/c1-15-7-6-8-16(2)11-19(25-14-23-4)18-12-17(24-5)13-21(3,10-9-15)20(18)22/h7,11-13,19H,6,8-10,14H2,1-5H3/b15-7+,16-11+/t19-,21-/m0/s1. The molecule has 0 unspecified atom stereocenters. The molecule has 0 saturated heterocycles. The lowest BCUT2D eigenvalue weighted by Gasteiger charge is -2.32. The average Bonchev–Trinajstić information content (AvgIpc) is 2.58. The van der Waals surface area contributed by atoms with Crippen LogP contribution in [0.25, 0.3) is 0 Å². The summed E-state index contributed by atoms with van der Waals surface area (Å²) >= 11 is 0. The molecule has 0 amide bonds. The molecule has 2 atom stereocenters. The number of hydrogen-bond donors (Lipinski definition) is 0. The van der Waals surface area contributed by atoms with Crippen LogP contribution in [-0.4, -0.2) is 32.9 Å². The molecule has 0 spiro atoms. The molecule has 0 aromatic rings. The van der Waals surface area contributed by atoms with Gasteiger partial charge in [0.2, 0.25) is 0 Å². The quantitative estimate of drug-likeness (QED) is 0.556. The lowest BCUT2D eigenvalue weighted by molar-refractivity contribution is -0.124. The Bertz CT molecular complexity index is 624. The molecule has 0 saturated carbocycles. The van der Waals surface area contributed by atoms with Gasteiger partial charge < -0.3 is 14.2 Å². The van der Waals surface area contributed by atoms with Gasteiger partial charge in [-0.2, -0.15) is 0 Å². The van der Waals surface area contributed by atoms with E-state index in [2.05, 4.69) is 19.9 Å². The normalized spacial score (nSPS) is 32.2. The summed E-state index contributed by atoms with van der Waals surface area (Å²) in [6, 6.07) is 0. The SMILES string of the molecule is COCO[C@H]1/C=C(\C)CC/C=C(\C)CC[C@@]2(C)C=C(OC)C=C1C2=O. The minimum atomic E-state index is -0.583. The topological polar surface area (TPSA) is 44.8 Å². The van der Waals surface area contributed by atoms with E-state index >= 15 is 0 Å². The molecule has 0 radical (unpaired) electrons. The summed E-state index contributed by atoms with van der Waals surface area (Å²) in [7, 11) is 3.22. The van der Waals surface area contributed by atoms with Crippen LogP contribution in [-0.2, 0) is 19.0 Å². The second-order valence-corrected chi connectivity index (χ2v) is 7.19. The first-order chi connectivity index (χ1) is 11.9. The maximum atomic E-state index is 13.3. The first kappa shape index (κ1) is 19.7. The van der Waals surface area contributed by atoms with E-state index in [9.17, 15) is 4.79 Å². The van der Waals surface area contributed by atoms with E-state index in [0.29, 0.717) is 11.3 Å². The summed E-state index contributed by atoms with van der Waals surface area (Å²) in [5.74, 6) is 0.819. The number of rotatable bonds is 4. The lowest BCUT2D eigenvalue weighted by Crippen LogP contribution is -2.35. The van der Waals surface area contributed by atoms with Crippen molar-refractivity contribution in [3.05, 3.63) is 46.8 Å². The maximum absolute atomic E-state index is 13.3.